The molecule has 0 amide bonds. The molecular weight excluding hydrogens is 322 g/mol. The Morgan fingerprint density at radius 3 is 2.54 bits per heavy atom. The lowest BCUT2D eigenvalue weighted by Crippen LogP contribution is -2.46. The van der Waals surface area contributed by atoms with Crippen LogP contribution >= 0.6 is 11.6 Å². The van der Waals surface area contributed by atoms with Crippen molar-refractivity contribution >= 4 is 23.2 Å². The number of aliphatic imine (C=N–C) groups is 1. The maximum atomic E-state index is 6.08. The van der Waals surface area contributed by atoms with Gasteiger partial charge in [-0.1, -0.05) is 17.7 Å². The molecule has 2 N–H and O–H groups in total. The van der Waals surface area contributed by atoms with E-state index in [9.17, 15) is 0 Å². The fourth-order valence-electron chi connectivity index (χ4n) is 3.04. The van der Waals surface area contributed by atoms with Gasteiger partial charge in [-0.15, -0.1) is 0 Å². The number of rotatable bonds is 7. The molecule has 0 aromatic heterocycles. The zero-order valence-electron chi connectivity index (χ0n) is 14.9. The highest BCUT2D eigenvalue weighted by atomic mass is 35.5. The summed E-state index contributed by atoms with van der Waals surface area (Å²) in [7, 11) is 0. The molecule has 1 fully saturated rings. The summed E-state index contributed by atoms with van der Waals surface area (Å²) in [6.45, 7) is 12.2. The van der Waals surface area contributed by atoms with Crippen molar-refractivity contribution < 1.29 is 0 Å². The number of piperazine rings is 1. The lowest BCUT2D eigenvalue weighted by molar-refractivity contribution is 0.256. The molecule has 134 valence electrons. The Morgan fingerprint density at radius 1 is 1.21 bits per heavy atom. The van der Waals surface area contributed by atoms with E-state index in [4.69, 9.17) is 17.3 Å². The van der Waals surface area contributed by atoms with Crippen molar-refractivity contribution in [1.29, 1.82) is 0 Å². The van der Waals surface area contributed by atoms with Crippen LogP contribution in [-0.4, -0.2) is 68.1 Å². The standard InChI is InChI=1S/C18H30ClN5/c1-3-23(4-2)18(20)21-9-6-10-22-11-13-24(14-12-22)17-8-5-7-16(19)15-17/h5,7-8,15H,3-4,6,9-14H2,1-2H3,(H2,20,21). The van der Waals surface area contributed by atoms with E-state index >= 15 is 0 Å². The fraction of sp³-hybridized carbons (Fsp3) is 0.611. The first-order valence-electron chi connectivity index (χ1n) is 8.91. The smallest absolute Gasteiger partial charge is 0.191 e. The predicted molar refractivity (Wildman–Crippen MR) is 104 cm³/mol. The number of guanidine groups is 1. The minimum atomic E-state index is 0.672. The van der Waals surface area contributed by atoms with Crippen LogP contribution in [0, 0.1) is 0 Å². The second kappa shape index (κ2) is 9.74. The number of anilines is 1. The fourth-order valence-corrected chi connectivity index (χ4v) is 3.22. The molecule has 1 saturated heterocycles. The van der Waals surface area contributed by atoms with Gasteiger partial charge in [0.1, 0.15) is 0 Å². The van der Waals surface area contributed by atoms with Crippen LogP contribution in [-0.2, 0) is 0 Å². The maximum Gasteiger partial charge on any atom is 0.191 e. The van der Waals surface area contributed by atoms with E-state index in [1.165, 1.54) is 5.69 Å². The molecule has 6 heteroatoms. The Bertz CT molecular complexity index is 522. The van der Waals surface area contributed by atoms with Crippen molar-refractivity contribution in [2.24, 2.45) is 10.7 Å². The summed E-state index contributed by atoms with van der Waals surface area (Å²) < 4.78 is 0. The van der Waals surface area contributed by atoms with Crippen LogP contribution in [0.15, 0.2) is 29.3 Å². The summed E-state index contributed by atoms with van der Waals surface area (Å²) in [4.78, 5) is 11.5. The molecule has 1 aromatic rings. The van der Waals surface area contributed by atoms with Gasteiger partial charge >= 0.3 is 0 Å². The lowest BCUT2D eigenvalue weighted by Gasteiger charge is -2.36. The molecule has 0 bridgehead atoms. The highest BCUT2D eigenvalue weighted by Crippen LogP contribution is 2.20. The molecule has 0 aliphatic carbocycles. The van der Waals surface area contributed by atoms with Gasteiger partial charge in [0.05, 0.1) is 0 Å². The third-order valence-electron chi connectivity index (χ3n) is 4.54. The molecule has 1 aromatic carbocycles. The molecular formula is C18H30ClN5. The van der Waals surface area contributed by atoms with Crippen LogP contribution in [0.2, 0.25) is 5.02 Å². The van der Waals surface area contributed by atoms with Gasteiger partial charge in [0.25, 0.3) is 0 Å². The van der Waals surface area contributed by atoms with Crippen molar-refractivity contribution in [3.05, 3.63) is 29.3 Å². The van der Waals surface area contributed by atoms with Gasteiger partial charge < -0.3 is 15.5 Å². The second-order valence-corrected chi connectivity index (χ2v) is 6.51. The first-order valence-corrected chi connectivity index (χ1v) is 9.29. The Morgan fingerprint density at radius 2 is 1.92 bits per heavy atom. The van der Waals surface area contributed by atoms with Gasteiger partial charge in [0.2, 0.25) is 0 Å². The van der Waals surface area contributed by atoms with E-state index < -0.39 is 0 Å². The van der Waals surface area contributed by atoms with Crippen molar-refractivity contribution in [1.82, 2.24) is 9.80 Å². The average molecular weight is 352 g/mol. The van der Waals surface area contributed by atoms with Crippen LogP contribution in [0.1, 0.15) is 20.3 Å². The summed E-state index contributed by atoms with van der Waals surface area (Å²) in [6.07, 6.45) is 1.05. The number of hydrogen-bond acceptors (Lipinski definition) is 3. The van der Waals surface area contributed by atoms with E-state index in [1.807, 2.05) is 18.2 Å². The van der Waals surface area contributed by atoms with Crippen LogP contribution < -0.4 is 10.6 Å². The van der Waals surface area contributed by atoms with Crippen LogP contribution in [0.4, 0.5) is 5.69 Å². The Labute approximate surface area is 151 Å². The van der Waals surface area contributed by atoms with Crippen LogP contribution in [0.5, 0.6) is 0 Å². The van der Waals surface area contributed by atoms with Gasteiger partial charge in [-0.25, -0.2) is 0 Å². The number of benzene rings is 1. The molecule has 1 aliphatic rings. The lowest BCUT2D eigenvalue weighted by atomic mass is 10.2. The zero-order chi connectivity index (χ0) is 17.4. The molecule has 24 heavy (non-hydrogen) atoms. The maximum absolute atomic E-state index is 6.08. The van der Waals surface area contributed by atoms with Crippen LogP contribution in [0.3, 0.4) is 0 Å². The van der Waals surface area contributed by atoms with Gasteiger partial charge in [-0.05, 0) is 38.5 Å². The number of nitrogens with two attached hydrogens (primary N) is 1. The second-order valence-electron chi connectivity index (χ2n) is 6.07. The summed E-state index contributed by atoms with van der Waals surface area (Å²) >= 11 is 6.08. The molecule has 0 spiro atoms. The molecule has 0 radical (unpaired) electrons. The molecule has 0 unspecified atom stereocenters. The Kier molecular flexibility index (Phi) is 7.66. The summed E-state index contributed by atoms with van der Waals surface area (Å²) in [5, 5.41) is 0.804. The van der Waals surface area contributed by atoms with E-state index in [0.717, 1.165) is 63.8 Å². The van der Waals surface area contributed by atoms with Gasteiger partial charge in [-0.3, -0.25) is 9.89 Å². The minimum Gasteiger partial charge on any atom is -0.370 e. The highest BCUT2D eigenvalue weighted by molar-refractivity contribution is 6.30. The van der Waals surface area contributed by atoms with E-state index in [-0.39, 0.29) is 0 Å². The average Bonchev–Trinajstić information content (AvgIpc) is 2.60. The molecule has 0 atom stereocenters. The number of hydrogen-bond donors (Lipinski definition) is 1. The SMILES string of the molecule is CCN(CC)C(N)=NCCCN1CCN(c2cccc(Cl)c2)CC1. The summed E-state index contributed by atoms with van der Waals surface area (Å²) in [5.74, 6) is 0.672. The monoisotopic (exact) mass is 351 g/mol. The van der Waals surface area contributed by atoms with E-state index in [0.29, 0.717) is 5.96 Å². The van der Waals surface area contributed by atoms with Crippen molar-refractivity contribution in [3.8, 4) is 0 Å². The summed E-state index contributed by atoms with van der Waals surface area (Å²) in [5.41, 5.74) is 7.22. The first kappa shape index (κ1) is 18.9. The third kappa shape index (κ3) is 5.56. The quantitative estimate of drug-likeness (QED) is 0.466. The normalized spacial score (nSPS) is 16.5. The van der Waals surface area contributed by atoms with Crippen molar-refractivity contribution in [2.75, 3.05) is 57.3 Å². The van der Waals surface area contributed by atoms with E-state index in [1.54, 1.807) is 0 Å². The molecule has 1 heterocycles. The number of halogens is 1. The topological polar surface area (TPSA) is 48.1 Å². The largest absolute Gasteiger partial charge is 0.370 e. The van der Waals surface area contributed by atoms with E-state index in [2.05, 4.69) is 39.6 Å². The van der Waals surface area contributed by atoms with Gasteiger partial charge in [-0.2, -0.15) is 0 Å². The van der Waals surface area contributed by atoms with Gasteiger partial charge in [0, 0.05) is 63.1 Å². The third-order valence-corrected chi connectivity index (χ3v) is 4.77. The zero-order valence-corrected chi connectivity index (χ0v) is 15.7. The Balaban J connectivity index is 1.69. The predicted octanol–water partition coefficient (Wildman–Crippen LogP) is 2.51. The molecule has 2 rings (SSSR count). The molecule has 1 aliphatic heterocycles. The molecule has 0 saturated carbocycles. The molecule has 5 nitrogen and oxygen atoms in total. The number of nitrogens with zero attached hydrogens (tertiary/aromatic N) is 4. The first-order chi connectivity index (χ1) is 11.6. The van der Waals surface area contributed by atoms with Gasteiger partial charge in [0.15, 0.2) is 5.96 Å². The highest BCUT2D eigenvalue weighted by Gasteiger charge is 2.16. The van der Waals surface area contributed by atoms with Crippen molar-refractivity contribution in [2.45, 2.75) is 20.3 Å². The minimum absolute atomic E-state index is 0.672. The Hall–Kier alpha value is -1.46. The van der Waals surface area contributed by atoms with Crippen molar-refractivity contribution in [3.63, 3.8) is 0 Å². The summed E-state index contributed by atoms with van der Waals surface area (Å²) in [6, 6.07) is 8.11. The van der Waals surface area contributed by atoms with Crippen LogP contribution in [0.25, 0.3) is 0 Å².